The molecule has 3 aromatic rings. The number of benzene rings is 2. The van der Waals surface area contributed by atoms with Gasteiger partial charge in [0.15, 0.2) is 16.9 Å². The van der Waals surface area contributed by atoms with Crippen molar-refractivity contribution in [2.45, 2.75) is 20.8 Å². The Labute approximate surface area is 127 Å². The summed E-state index contributed by atoms with van der Waals surface area (Å²) in [5.41, 5.74) is 2.63. The van der Waals surface area contributed by atoms with Crippen LogP contribution in [0.5, 0.6) is 11.5 Å². The summed E-state index contributed by atoms with van der Waals surface area (Å²) in [7, 11) is 0. The maximum atomic E-state index is 12.4. The van der Waals surface area contributed by atoms with Gasteiger partial charge in [-0.25, -0.2) is 0 Å². The monoisotopic (exact) mass is 296 g/mol. The van der Waals surface area contributed by atoms with Crippen LogP contribution in [-0.4, -0.2) is 10.2 Å². The Hall–Kier alpha value is -2.75. The molecule has 0 fully saturated rings. The average Bonchev–Trinajstić information content (AvgIpc) is 2.50. The summed E-state index contributed by atoms with van der Waals surface area (Å²) in [5.74, 6) is -0.0975. The van der Waals surface area contributed by atoms with Gasteiger partial charge in [0, 0.05) is 22.8 Å². The van der Waals surface area contributed by atoms with Crippen LogP contribution in [0.1, 0.15) is 16.7 Å². The zero-order valence-corrected chi connectivity index (χ0v) is 12.6. The van der Waals surface area contributed by atoms with E-state index in [1.54, 1.807) is 13.8 Å². The van der Waals surface area contributed by atoms with Gasteiger partial charge in [-0.05, 0) is 20.8 Å². The van der Waals surface area contributed by atoms with Crippen LogP contribution in [0, 0.1) is 20.8 Å². The average molecular weight is 296 g/mol. The molecule has 4 nitrogen and oxygen atoms in total. The summed E-state index contributed by atoms with van der Waals surface area (Å²) in [5, 5.41) is 20.2. The van der Waals surface area contributed by atoms with Crippen molar-refractivity contribution in [1.82, 2.24) is 0 Å². The number of rotatable bonds is 1. The number of hydrogen-bond acceptors (Lipinski definition) is 4. The zero-order valence-electron chi connectivity index (χ0n) is 12.6. The van der Waals surface area contributed by atoms with Gasteiger partial charge in [-0.3, -0.25) is 4.79 Å². The van der Waals surface area contributed by atoms with Crippen molar-refractivity contribution < 1.29 is 14.6 Å². The molecule has 2 N–H and O–H groups in total. The summed E-state index contributed by atoms with van der Waals surface area (Å²) in [6, 6.07) is 9.04. The van der Waals surface area contributed by atoms with E-state index in [4.69, 9.17) is 4.42 Å². The van der Waals surface area contributed by atoms with Gasteiger partial charge in [-0.15, -0.1) is 0 Å². The SMILES string of the molecule is Cc1ccc(-c2cc(=O)c3c(C)c(O)c(O)c(C)c3o2)cc1. The molecule has 22 heavy (non-hydrogen) atoms. The standard InChI is InChI=1S/C18H16O4/c1-9-4-6-12(7-5-9)14-8-13(19)15-10(2)16(20)17(21)11(3)18(15)22-14/h4-8,20-21H,1-3H3. The van der Waals surface area contributed by atoms with Crippen LogP contribution in [0.15, 0.2) is 39.5 Å². The molecule has 0 atom stereocenters. The summed E-state index contributed by atoms with van der Waals surface area (Å²) < 4.78 is 5.84. The van der Waals surface area contributed by atoms with Gasteiger partial charge in [0.2, 0.25) is 0 Å². The molecule has 0 aliphatic carbocycles. The molecule has 3 rings (SSSR count). The molecule has 0 saturated carbocycles. The van der Waals surface area contributed by atoms with Gasteiger partial charge in [-0.1, -0.05) is 29.8 Å². The quantitative estimate of drug-likeness (QED) is 0.670. The van der Waals surface area contributed by atoms with E-state index in [0.29, 0.717) is 27.9 Å². The van der Waals surface area contributed by atoms with Crippen molar-refractivity contribution in [2.24, 2.45) is 0 Å². The van der Waals surface area contributed by atoms with Crippen LogP contribution in [0.4, 0.5) is 0 Å². The van der Waals surface area contributed by atoms with E-state index in [9.17, 15) is 15.0 Å². The van der Waals surface area contributed by atoms with Crippen molar-refractivity contribution in [2.75, 3.05) is 0 Å². The first-order valence-electron chi connectivity index (χ1n) is 6.96. The molecule has 0 spiro atoms. The van der Waals surface area contributed by atoms with Gasteiger partial charge < -0.3 is 14.6 Å². The topological polar surface area (TPSA) is 70.7 Å². The first-order valence-corrected chi connectivity index (χ1v) is 6.96. The highest BCUT2D eigenvalue weighted by atomic mass is 16.3. The largest absolute Gasteiger partial charge is 0.504 e. The second-order valence-corrected chi connectivity index (χ2v) is 5.49. The maximum absolute atomic E-state index is 12.4. The van der Waals surface area contributed by atoms with Crippen molar-refractivity contribution in [3.63, 3.8) is 0 Å². The Bertz CT molecular complexity index is 934. The molecule has 2 aromatic carbocycles. The molecule has 0 unspecified atom stereocenters. The van der Waals surface area contributed by atoms with Gasteiger partial charge in [0.25, 0.3) is 0 Å². The molecule has 0 amide bonds. The molecular weight excluding hydrogens is 280 g/mol. The number of fused-ring (bicyclic) bond motifs is 1. The molecule has 0 bridgehead atoms. The fourth-order valence-electron chi connectivity index (χ4n) is 2.55. The molecule has 0 saturated heterocycles. The summed E-state index contributed by atoms with van der Waals surface area (Å²) in [4.78, 5) is 12.4. The van der Waals surface area contributed by atoms with Crippen LogP contribution >= 0.6 is 0 Å². The van der Waals surface area contributed by atoms with Gasteiger partial charge >= 0.3 is 0 Å². The molecule has 0 radical (unpaired) electrons. The third-order valence-electron chi connectivity index (χ3n) is 3.93. The van der Waals surface area contributed by atoms with E-state index in [0.717, 1.165) is 11.1 Å². The van der Waals surface area contributed by atoms with Crippen molar-refractivity contribution >= 4 is 11.0 Å². The Morgan fingerprint density at radius 3 is 2.14 bits per heavy atom. The fourth-order valence-corrected chi connectivity index (χ4v) is 2.55. The Kier molecular flexibility index (Phi) is 3.17. The first-order chi connectivity index (χ1) is 10.4. The Morgan fingerprint density at radius 1 is 0.909 bits per heavy atom. The van der Waals surface area contributed by atoms with E-state index in [1.807, 2.05) is 31.2 Å². The van der Waals surface area contributed by atoms with Crippen LogP contribution in [0.25, 0.3) is 22.3 Å². The predicted octanol–water partition coefficient (Wildman–Crippen LogP) is 3.80. The molecule has 4 heteroatoms. The second kappa shape index (κ2) is 4.91. The minimum Gasteiger partial charge on any atom is -0.504 e. The normalized spacial score (nSPS) is 11.0. The Morgan fingerprint density at radius 2 is 1.50 bits per heavy atom. The molecule has 1 aromatic heterocycles. The van der Waals surface area contributed by atoms with E-state index in [1.165, 1.54) is 6.07 Å². The lowest BCUT2D eigenvalue weighted by Gasteiger charge is -2.11. The minimum absolute atomic E-state index is 0.243. The van der Waals surface area contributed by atoms with Crippen LogP contribution in [0.2, 0.25) is 0 Å². The predicted molar refractivity (Wildman–Crippen MR) is 85.5 cm³/mol. The fraction of sp³-hybridized carbons (Fsp3) is 0.167. The van der Waals surface area contributed by atoms with E-state index in [-0.39, 0.29) is 16.9 Å². The number of phenolic OH excluding ortho intramolecular Hbond substituents is 2. The maximum Gasteiger partial charge on any atom is 0.193 e. The lowest BCUT2D eigenvalue weighted by molar-refractivity contribution is 0.398. The van der Waals surface area contributed by atoms with E-state index < -0.39 is 0 Å². The van der Waals surface area contributed by atoms with Gasteiger partial charge in [0.1, 0.15) is 11.3 Å². The number of phenols is 2. The highest BCUT2D eigenvalue weighted by molar-refractivity contribution is 5.89. The van der Waals surface area contributed by atoms with Crippen LogP contribution in [-0.2, 0) is 0 Å². The smallest absolute Gasteiger partial charge is 0.193 e. The minimum atomic E-state index is -0.277. The Balaban J connectivity index is 2.38. The first kappa shape index (κ1) is 14.2. The van der Waals surface area contributed by atoms with Crippen molar-refractivity contribution in [3.8, 4) is 22.8 Å². The summed E-state index contributed by atoms with van der Waals surface area (Å²) >= 11 is 0. The highest BCUT2D eigenvalue weighted by Crippen LogP contribution is 2.39. The third-order valence-corrected chi connectivity index (χ3v) is 3.93. The van der Waals surface area contributed by atoms with Gasteiger partial charge in [0.05, 0.1) is 5.39 Å². The zero-order chi connectivity index (χ0) is 16.0. The van der Waals surface area contributed by atoms with Gasteiger partial charge in [-0.2, -0.15) is 0 Å². The summed E-state index contributed by atoms with van der Waals surface area (Å²) in [6.07, 6.45) is 0. The number of aromatic hydroxyl groups is 2. The van der Waals surface area contributed by atoms with Crippen LogP contribution < -0.4 is 5.43 Å². The van der Waals surface area contributed by atoms with Crippen molar-refractivity contribution in [3.05, 3.63) is 57.2 Å². The molecular formula is C18H16O4. The molecule has 0 aliphatic rings. The molecule has 112 valence electrons. The molecule has 0 aliphatic heterocycles. The molecule has 1 heterocycles. The lowest BCUT2D eigenvalue weighted by atomic mass is 10.0. The lowest BCUT2D eigenvalue weighted by Crippen LogP contribution is -2.04. The van der Waals surface area contributed by atoms with Crippen LogP contribution in [0.3, 0.4) is 0 Å². The van der Waals surface area contributed by atoms with E-state index >= 15 is 0 Å². The summed E-state index contributed by atoms with van der Waals surface area (Å²) in [6.45, 7) is 5.17. The van der Waals surface area contributed by atoms with E-state index in [2.05, 4.69) is 0 Å². The number of aryl methyl sites for hydroxylation is 3. The van der Waals surface area contributed by atoms with Crippen molar-refractivity contribution in [1.29, 1.82) is 0 Å². The number of hydrogen-bond donors (Lipinski definition) is 2. The highest BCUT2D eigenvalue weighted by Gasteiger charge is 2.18. The third kappa shape index (κ3) is 2.04. The second-order valence-electron chi connectivity index (χ2n) is 5.49.